The van der Waals surface area contributed by atoms with Crippen LogP contribution in [0.4, 0.5) is 0 Å². The zero-order chi connectivity index (χ0) is 17.1. The largest absolute Gasteiger partial charge is 0.462 e. The van der Waals surface area contributed by atoms with E-state index in [0.29, 0.717) is 5.41 Å². The van der Waals surface area contributed by atoms with Crippen molar-refractivity contribution in [3.8, 4) is 0 Å². The van der Waals surface area contributed by atoms with Crippen LogP contribution in [0.25, 0.3) is 0 Å². The molecule has 134 valence electrons. The van der Waals surface area contributed by atoms with Gasteiger partial charge in [0.05, 0.1) is 0 Å². The summed E-state index contributed by atoms with van der Waals surface area (Å²) >= 11 is 0. The van der Waals surface area contributed by atoms with E-state index < -0.39 is 0 Å². The predicted octanol–water partition coefficient (Wildman–Crippen LogP) is 5.52. The second-order valence-electron chi connectivity index (χ2n) is 9.84. The molecule has 0 heterocycles. The maximum absolute atomic E-state index is 11.5. The molecule has 4 aliphatic carbocycles. The Balaban J connectivity index is 1.60. The van der Waals surface area contributed by atoms with Gasteiger partial charge in [-0.25, -0.2) is 0 Å². The van der Waals surface area contributed by atoms with Gasteiger partial charge in [-0.05, 0) is 87.4 Å². The molecule has 2 heteroatoms. The van der Waals surface area contributed by atoms with Gasteiger partial charge < -0.3 is 4.74 Å². The van der Waals surface area contributed by atoms with Crippen molar-refractivity contribution in [1.29, 1.82) is 0 Å². The lowest BCUT2D eigenvalue weighted by molar-refractivity contribution is -0.159. The van der Waals surface area contributed by atoms with Crippen LogP contribution in [-0.2, 0) is 9.53 Å². The Labute approximate surface area is 147 Å². The standard InChI is InChI=1S/C22H34O2/c1-14-9-11-21(3)16(13-14)5-6-17-18-7-8-20(24-15(2)23)22(18,4)12-10-19(17)21/h9,16-20H,5-8,10-13H2,1-4H3/t16-,17+,18+,19+,20+,21+,22+/m1/s1. The van der Waals surface area contributed by atoms with Crippen LogP contribution in [0.15, 0.2) is 11.6 Å². The molecule has 0 aromatic heterocycles. The van der Waals surface area contributed by atoms with E-state index >= 15 is 0 Å². The van der Waals surface area contributed by atoms with Gasteiger partial charge >= 0.3 is 5.97 Å². The summed E-state index contributed by atoms with van der Waals surface area (Å²) in [6.07, 6.45) is 13.1. The van der Waals surface area contributed by atoms with Gasteiger partial charge in [-0.2, -0.15) is 0 Å². The topological polar surface area (TPSA) is 26.3 Å². The van der Waals surface area contributed by atoms with Crippen molar-refractivity contribution in [3.05, 3.63) is 11.6 Å². The summed E-state index contributed by atoms with van der Waals surface area (Å²) in [5.74, 6) is 3.32. The minimum Gasteiger partial charge on any atom is -0.462 e. The fourth-order valence-electron chi connectivity index (χ4n) is 7.40. The quantitative estimate of drug-likeness (QED) is 0.467. The number of hydrogen-bond donors (Lipinski definition) is 0. The lowest BCUT2D eigenvalue weighted by Gasteiger charge is -2.59. The minimum atomic E-state index is -0.0902. The third-order valence-corrected chi connectivity index (χ3v) is 8.75. The van der Waals surface area contributed by atoms with Gasteiger partial charge in [0.1, 0.15) is 6.10 Å². The number of hydrogen-bond acceptors (Lipinski definition) is 2. The Hall–Kier alpha value is -0.790. The van der Waals surface area contributed by atoms with Crippen molar-refractivity contribution in [2.75, 3.05) is 0 Å². The average molecular weight is 331 g/mol. The number of fused-ring (bicyclic) bond motifs is 5. The van der Waals surface area contributed by atoms with E-state index in [-0.39, 0.29) is 17.5 Å². The first-order valence-electron chi connectivity index (χ1n) is 10.2. The molecule has 3 fully saturated rings. The number of esters is 1. The lowest BCUT2D eigenvalue weighted by atomic mass is 9.45. The fourth-order valence-corrected chi connectivity index (χ4v) is 7.40. The monoisotopic (exact) mass is 330 g/mol. The van der Waals surface area contributed by atoms with E-state index in [1.165, 1.54) is 44.9 Å². The molecule has 4 aliphatic rings. The normalized spacial score (nSPS) is 50.3. The summed E-state index contributed by atoms with van der Waals surface area (Å²) in [6, 6.07) is 0. The van der Waals surface area contributed by atoms with Crippen LogP contribution in [-0.4, -0.2) is 12.1 Å². The summed E-state index contributed by atoms with van der Waals surface area (Å²) < 4.78 is 5.76. The molecule has 0 radical (unpaired) electrons. The third-order valence-electron chi connectivity index (χ3n) is 8.75. The van der Waals surface area contributed by atoms with Crippen molar-refractivity contribution in [3.63, 3.8) is 0 Å². The summed E-state index contributed by atoms with van der Waals surface area (Å²) in [6.45, 7) is 8.92. The first-order valence-corrected chi connectivity index (χ1v) is 10.2. The summed E-state index contributed by atoms with van der Waals surface area (Å²) in [4.78, 5) is 11.5. The average Bonchev–Trinajstić information content (AvgIpc) is 2.84. The van der Waals surface area contributed by atoms with Crippen LogP contribution >= 0.6 is 0 Å². The summed E-state index contributed by atoms with van der Waals surface area (Å²) in [5, 5.41) is 0. The van der Waals surface area contributed by atoms with Gasteiger partial charge in [0.25, 0.3) is 0 Å². The Bertz CT molecular complexity index is 564. The second-order valence-corrected chi connectivity index (χ2v) is 9.84. The van der Waals surface area contributed by atoms with Crippen molar-refractivity contribution in [1.82, 2.24) is 0 Å². The van der Waals surface area contributed by atoms with E-state index in [4.69, 9.17) is 4.74 Å². The Morgan fingerprint density at radius 1 is 1.08 bits per heavy atom. The zero-order valence-corrected chi connectivity index (χ0v) is 15.9. The lowest BCUT2D eigenvalue weighted by Crippen LogP contribution is -2.53. The molecule has 0 saturated heterocycles. The molecule has 0 amide bonds. The highest BCUT2D eigenvalue weighted by atomic mass is 16.5. The van der Waals surface area contributed by atoms with Crippen LogP contribution < -0.4 is 0 Å². The maximum atomic E-state index is 11.5. The number of carbonyl (C=O) groups excluding carboxylic acids is 1. The van der Waals surface area contributed by atoms with Gasteiger partial charge in [0.15, 0.2) is 0 Å². The van der Waals surface area contributed by atoms with Crippen LogP contribution in [0.2, 0.25) is 0 Å². The number of ether oxygens (including phenoxy) is 1. The Morgan fingerprint density at radius 3 is 2.58 bits per heavy atom. The Kier molecular flexibility index (Phi) is 3.89. The Morgan fingerprint density at radius 2 is 1.83 bits per heavy atom. The third kappa shape index (κ3) is 2.31. The van der Waals surface area contributed by atoms with Gasteiger partial charge in [0, 0.05) is 12.3 Å². The van der Waals surface area contributed by atoms with E-state index in [1.807, 2.05) is 0 Å². The molecule has 24 heavy (non-hydrogen) atoms. The van der Waals surface area contributed by atoms with E-state index in [2.05, 4.69) is 26.8 Å². The summed E-state index contributed by atoms with van der Waals surface area (Å²) in [5.41, 5.74) is 2.37. The molecular formula is C22H34O2. The molecule has 0 aromatic rings. The van der Waals surface area contributed by atoms with E-state index in [9.17, 15) is 4.79 Å². The number of rotatable bonds is 1. The van der Waals surface area contributed by atoms with E-state index in [0.717, 1.165) is 30.1 Å². The highest BCUT2D eigenvalue weighted by molar-refractivity contribution is 5.66. The van der Waals surface area contributed by atoms with Crippen molar-refractivity contribution >= 4 is 5.97 Å². The van der Waals surface area contributed by atoms with E-state index in [1.54, 1.807) is 12.5 Å². The summed E-state index contributed by atoms with van der Waals surface area (Å²) in [7, 11) is 0. The minimum absolute atomic E-state index is 0.0902. The molecule has 0 spiro atoms. The van der Waals surface area contributed by atoms with Gasteiger partial charge in [0.2, 0.25) is 0 Å². The highest BCUT2D eigenvalue weighted by Crippen LogP contribution is 2.66. The first-order chi connectivity index (χ1) is 11.3. The molecule has 7 atom stereocenters. The van der Waals surface area contributed by atoms with Crippen LogP contribution in [0.1, 0.15) is 79.1 Å². The molecule has 0 bridgehead atoms. The molecule has 2 nitrogen and oxygen atoms in total. The zero-order valence-electron chi connectivity index (χ0n) is 15.9. The van der Waals surface area contributed by atoms with Crippen molar-refractivity contribution < 1.29 is 9.53 Å². The SMILES string of the molecule is CC(=O)O[C@H]1CC[C@H]2[C@@H]3CC[C@@H]4CC(C)=CC[C@]4(C)[C@H]3CC[C@]12C. The van der Waals surface area contributed by atoms with Gasteiger partial charge in [-0.15, -0.1) is 0 Å². The van der Waals surface area contributed by atoms with Crippen LogP contribution in [0, 0.1) is 34.5 Å². The van der Waals surface area contributed by atoms with Gasteiger partial charge in [-0.1, -0.05) is 25.5 Å². The molecule has 0 aromatic carbocycles. The number of allylic oxidation sites excluding steroid dienone is 2. The molecule has 4 rings (SSSR count). The highest BCUT2D eigenvalue weighted by Gasteiger charge is 2.60. The second kappa shape index (κ2) is 5.61. The molecule has 0 aliphatic heterocycles. The number of carbonyl (C=O) groups is 1. The molecular weight excluding hydrogens is 296 g/mol. The predicted molar refractivity (Wildman–Crippen MR) is 96.4 cm³/mol. The van der Waals surface area contributed by atoms with Crippen molar-refractivity contribution in [2.45, 2.75) is 85.2 Å². The molecule has 3 saturated carbocycles. The molecule has 0 unspecified atom stereocenters. The van der Waals surface area contributed by atoms with Gasteiger partial charge in [-0.3, -0.25) is 4.79 Å². The molecule has 0 N–H and O–H groups in total. The first kappa shape index (κ1) is 16.7. The fraction of sp³-hybridized carbons (Fsp3) is 0.864. The smallest absolute Gasteiger partial charge is 0.302 e. The maximum Gasteiger partial charge on any atom is 0.302 e. The van der Waals surface area contributed by atoms with Crippen LogP contribution in [0.5, 0.6) is 0 Å². The van der Waals surface area contributed by atoms with Crippen molar-refractivity contribution in [2.24, 2.45) is 34.5 Å². The van der Waals surface area contributed by atoms with Crippen LogP contribution in [0.3, 0.4) is 0 Å².